The average molecular weight is 375 g/mol. The van der Waals surface area contributed by atoms with Crippen molar-refractivity contribution in [3.8, 4) is 5.75 Å². The van der Waals surface area contributed by atoms with E-state index in [4.69, 9.17) is 4.74 Å². The fraction of sp³-hybridized carbons (Fsp3) is 0.136. The molecule has 2 aromatic carbocycles. The van der Waals surface area contributed by atoms with Crippen molar-refractivity contribution in [2.45, 2.75) is 6.92 Å². The van der Waals surface area contributed by atoms with Crippen LogP contribution in [0.5, 0.6) is 5.75 Å². The summed E-state index contributed by atoms with van der Waals surface area (Å²) in [7, 11) is 3.23. The first kappa shape index (κ1) is 19.1. The van der Waals surface area contributed by atoms with E-state index in [1.807, 2.05) is 49.4 Å². The normalized spacial score (nSPS) is 10.2. The molecule has 0 aliphatic heterocycles. The molecular weight excluding hydrogens is 354 g/mol. The molecule has 6 heteroatoms. The number of aromatic nitrogens is 1. The average Bonchev–Trinajstić information content (AvgIpc) is 2.73. The predicted molar refractivity (Wildman–Crippen MR) is 109 cm³/mol. The molecule has 0 radical (unpaired) electrons. The van der Waals surface area contributed by atoms with Gasteiger partial charge in [-0.2, -0.15) is 0 Å². The van der Waals surface area contributed by atoms with E-state index in [1.54, 1.807) is 19.2 Å². The number of carbonyl (C=O) groups excluding carboxylic acids is 2. The lowest BCUT2D eigenvalue weighted by molar-refractivity contribution is 0.0993. The van der Waals surface area contributed by atoms with E-state index in [0.717, 1.165) is 11.3 Å². The number of aryl methyl sites for hydroxylation is 1. The highest BCUT2D eigenvalue weighted by atomic mass is 16.5. The molecule has 142 valence electrons. The van der Waals surface area contributed by atoms with Crippen LogP contribution >= 0.6 is 0 Å². The highest BCUT2D eigenvalue weighted by molar-refractivity contribution is 6.08. The van der Waals surface area contributed by atoms with E-state index in [0.29, 0.717) is 17.0 Å². The van der Waals surface area contributed by atoms with Crippen molar-refractivity contribution in [1.82, 2.24) is 4.98 Å². The number of benzene rings is 2. The Hall–Kier alpha value is -3.67. The second-order valence-electron chi connectivity index (χ2n) is 6.29. The summed E-state index contributed by atoms with van der Waals surface area (Å²) in [5.74, 6) is -0.0910. The molecule has 0 unspecified atom stereocenters. The number of nitrogens with zero attached hydrogens (tertiary/aromatic N) is 2. The molecule has 28 heavy (non-hydrogen) atoms. The third kappa shape index (κ3) is 4.17. The van der Waals surface area contributed by atoms with Crippen LogP contribution in [0, 0.1) is 6.92 Å². The summed E-state index contributed by atoms with van der Waals surface area (Å²) < 4.78 is 5.28. The first-order valence-corrected chi connectivity index (χ1v) is 8.74. The summed E-state index contributed by atoms with van der Waals surface area (Å²) in [4.78, 5) is 31.1. The van der Waals surface area contributed by atoms with Gasteiger partial charge in [-0.15, -0.1) is 0 Å². The van der Waals surface area contributed by atoms with Crippen LogP contribution < -0.4 is 15.0 Å². The molecule has 1 aromatic heterocycles. The van der Waals surface area contributed by atoms with Gasteiger partial charge < -0.3 is 15.0 Å². The maximum atomic E-state index is 12.8. The van der Waals surface area contributed by atoms with Crippen molar-refractivity contribution in [3.05, 3.63) is 83.7 Å². The number of nitrogens with one attached hydrogen (secondary N) is 1. The van der Waals surface area contributed by atoms with Gasteiger partial charge in [-0.3, -0.25) is 14.6 Å². The summed E-state index contributed by atoms with van der Waals surface area (Å²) in [5, 5.41) is 2.79. The first-order valence-electron chi connectivity index (χ1n) is 8.74. The van der Waals surface area contributed by atoms with Crippen LogP contribution in [-0.4, -0.2) is 31.0 Å². The van der Waals surface area contributed by atoms with Crippen LogP contribution in [0.3, 0.4) is 0 Å². The number of rotatable bonds is 5. The Labute approximate surface area is 163 Å². The Morgan fingerprint density at radius 2 is 1.79 bits per heavy atom. The van der Waals surface area contributed by atoms with E-state index in [-0.39, 0.29) is 11.6 Å². The SMILES string of the molecule is COc1ccc(C)cc1NC(=O)c1cc(C(=O)N(C)c2ccccc2)ccn1. The fourth-order valence-electron chi connectivity index (χ4n) is 2.76. The van der Waals surface area contributed by atoms with Gasteiger partial charge in [0.25, 0.3) is 11.8 Å². The van der Waals surface area contributed by atoms with E-state index < -0.39 is 5.91 Å². The molecule has 0 aliphatic rings. The van der Waals surface area contributed by atoms with E-state index >= 15 is 0 Å². The summed E-state index contributed by atoms with van der Waals surface area (Å²) >= 11 is 0. The topological polar surface area (TPSA) is 71.5 Å². The number of carbonyl (C=O) groups is 2. The minimum absolute atomic E-state index is 0.149. The van der Waals surface area contributed by atoms with Gasteiger partial charge in [-0.1, -0.05) is 24.3 Å². The van der Waals surface area contributed by atoms with Crippen LogP contribution in [0.15, 0.2) is 66.9 Å². The third-order valence-electron chi connectivity index (χ3n) is 4.29. The van der Waals surface area contributed by atoms with Gasteiger partial charge in [0.15, 0.2) is 0 Å². The Kier molecular flexibility index (Phi) is 5.69. The molecule has 0 fully saturated rings. The van der Waals surface area contributed by atoms with Crippen LogP contribution in [0.1, 0.15) is 26.4 Å². The number of amides is 2. The third-order valence-corrected chi connectivity index (χ3v) is 4.29. The number of ether oxygens (including phenoxy) is 1. The second-order valence-corrected chi connectivity index (χ2v) is 6.29. The largest absolute Gasteiger partial charge is 0.495 e. The maximum absolute atomic E-state index is 12.8. The highest BCUT2D eigenvalue weighted by Crippen LogP contribution is 2.25. The minimum atomic E-state index is -0.416. The number of methoxy groups -OCH3 is 1. The molecule has 2 amide bonds. The van der Waals surface area contributed by atoms with Crippen LogP contribution in [0.2, 0.25) is 0 Å². The summed E-state index contributed by atoms with van der Waals surface area (Å²) in [5.41, 5.74) is 2.82. The van der Waals surface area contributed by atoms with Crippen LogP contribution in [0.4, 0.5) is 11.4 Å². The zero-order valence-corrected chi connectivity index (χ0v) is 16.0. The minimum Gasteiger partial charge on any atom is -0.495 e. The Morgan fingerprint density at radius 3 is 2.50 bits per heavy atom. The quantitative estimate of drug-likeness (QED) is 0.733. The molecule has 3 aromatic rings. The van der Waals surface area contributed by atoms with E-state index in [1.165, 1.54) is 24.3 Å². The highest BCUT2D eigenvalue weighted by Gasteiger charge is 2.17. The predicted octanol–water partition coefficient (Wildman–Crippen LogP) is 3.93. The smallest absolute Gasteiger partial charge is 0.274 e. The number of pyridine rings is 1. The maximum Gasteiger partial charge on any atom is 0.274 e. The molecule has 0 bridgehead atoms. The van der Waals surface area contributed by atoms with Crippen LogP contribution in [-0.2, 0) is 0 Å². The molecule has 0 saturated heterocycles. The standard InChI is InChI=1S/C22H21N3O3/c1-15-9-10-20(28-3)18(13-15)24-21(26)19-14-16(11-12-23-19)22(27)25(2)17-7-5-4-6-8-17/h4-14H,1-3H3,(H,24,26). The monoisotopic (exact) mass is 375 g/mol. The van der Waals surface area contributed by atoms with Gasteiger partial charge >= 0.3 is 0 Å². The van der Waals surface area contributed by atoms with Gasteiger partial charge in [0.05, 0.1) is 12.8 Å². The summed E-state index contributed by atoms with van der Waals surface area (Å²) in [6.07, 6.45) is 1.45. The number of hydrogen-bond acceptors (Lipinski definition) is 4. The Bertz CT molecular complexity index is 1000. The zero-order valence-electron chi connectivity index (χ0n) is 16.0. The first-order chi connectivity index (χ1) is 13.5. The van der Waals surface area contributed by atoms with Gasteiger partial charge in [-0.05, 0) is 48.9 Å². The van der Waals surface area contributed by atoms with Crippen molar-refractivity contribution in [2.24, 2.45) is 0 Å². The summed E-state index contributed by atoms with van der Waals surface area (Å²) in [6, 6.07) is 17.9. The van der Waals surface area contributed by atoms with Crippen molar-refractivity contribution in [3.63, 3.8) is 0 Å². The zero-order chi connectivity index (χ0) is 20.1. The summed E-state index contributed by atoms with van der Waals surface area (Å²) in [6.45, 7) is 1.92. The van der Waals surface area contributed by atoms with Crippen molar-refractivity contribution < 1.29 is 14.3 Å². The molecule has 0 saturated carbocycles. The lowest BCUT2D eigenvalue weighted by atomic mass is 10.1. The van der Waals surface area contributed by atoms with Crippen molar-refractivity contribution in [1.29, 1.82) is 0 Å². The van der Waals surface area contributed by atoms with Crippen molar-refractivity contribution >= 4 is 23.2 Å². The fourth-order valence-corrected chi connectivity index (χ4v) is 2.76. The number of hydrogen-bond donors (Lipinski definition) is 1. The number of anilines is 2. The molecule has 0 atom stereocenters. The molecule has 3 rings (SSSR count). The molecule has 0 spiro atoms. The number of para-hydroxylation sites is 1. The van der Waals surface area contributed by atoms with Gasteiger partial charge in [0.1, 0.15) is 11.4 Å². The van der Waals surface area contributed by atoms with Gasteiger partial charge in [0, 0.05) is 24.5 Å². The van der Waals surface area contributed by atoms with Gasteiger partial charge in [-0.25, -0.2) is 0 Å². The van der Waals surface area contributed by atoms with Crippen LogP contribution in [0.25, 0.3) is 0 Å². The molecule has 1 N–H and O–H groups in total. The van der Waals surface area contributed by atoms with E-state index in [2.05, 4.69) is 10.3 Å². The lowest BCUT2D eigenvalue weighted by Crippen LogP contribution is -2.26. The second kappa shape index (κ2) is 8.35. The molecule has 0 aliphatic carbocycles. The molecule has 1 heterocycles. The van der Waals surface area contributed by atoms with Gasteiger partial charge in [0.2, 0.25) is 0 Å². The lowest BCUT2D eigenvalue weighted by Gasteiger charge is -2.17. The Morgan fingerprint density at radius 1 is 1.04 bits per heavy atom. The van der Waals surface area contributed by atoms with E-state index in [9.17, 15) is 9.59 Å². The molecular formula is C22H21N3O3. The molecule has 6 nitrogen and oxygen atoms in total. The Balaban J connectivity index is 1.82. The van der Waals surface area contributed by atoms with Crippen molar-refractivity contribution in [2.75, 3.05) is 24.4 Å².